The lowest BCUT2D eigenvalue weighted by molar-refractivity contribution is 0.103. The van der Waals surface area contributed by atoms with Crippen molar-refractivity contribution in [3.63, 3.8) is 0 Å². The van der Waals surface area contributed by atoms with Crippen molar-refractivity contribution in [2.75, 3.05) is 6.61 Å². The number of benzene rings is 2. The lowest BCUT2D eigenvalue weighted by atomic mass is 10.0. The van der Waals surface area contributed by atoms with Crippen molar-refractivity contribution in [1.29, 1.82) is 0 Å². The minimum Gasteiger partial charge on any atom is -0.490 e. The average molecular weight is 397 g/mol. The average Bonchev–Trinajstić information content (AvgIpc) is 3.15. The van der Waals surface area contributed by atoms with Gasteiger partial charge in [-0.3, -0.25) is 4.79 Å². The van der Waals surface area contributed by atoms with Gasteiger partial charge < -0.3 is 9.30 Å². The van der Waals surface area contributed by atoms with E-state index in [0.717, 1.165) is 16.8 Å². The van der Waals surface area contributed by atoms with Crippen molar-refractivity contribution in [2.24, 2.45) is 0 Å². The van der Waals surface area contributed by atoms with Crippen molar-refractivity contribution < 1.29 is 9.53 Å². The molecular formula is C20H17BrN2O2. The summed E-state index contributed by atoms with van der Waals surface area (Å²) in [5.41, 5.74) is 1.31. The maximum Gasteiger partial charge on any atom is 0.193 e. The van der Waals surface area contributed by atoms with E-state index in [1.54, 1.807) is 24.7 Å². The standard InChI is InChI=1S/C20H17BrN2O2/c21-18-7-3-16(4-8-18)20(24)17-5-9-19(10-6-17)25-14-2-1-12-23-13-11-22-15-23/h1-11,13,15H,12,14H2/b2-1+. The molecule has 0 aliphatic rings. The van der Waals surface area contributed by atoms with E-state index >= 15 is 0 Å². The largest absolute Gasteiger partial charge is 0.490 e. The molecule has 0 saturated heterocycles. The summed E-state index contributed by atoms with van der Waals surface area (Å²) in [7, 11) is 0. The molecule has 1 heterocycles. The maximum atomic E-state index is 12.4. The summed E-state index contributed by atoms with van der Waals surface area (Å²) >= 11 is 3.37. The molecule has 5 heteroatoms. The maximum absolute atomic E-state index is 12.4. The summed E-state index contributed by atoms with van der Waals surface area (Å²) in [6.07, 6.45) is 9.41. The predicted molar refractivity (Wildman–Crippen MR) is 101 cm³/mol. The van der Waals surface area contributed by atoms with Gasteiger partial charge in [0.2, 0.25) is 0 Å². The number of allylic oxidation sites excluding steroid dienone is 1. The number of rotatable bonds is 7. The monoisotopic (exact) mass is 396 g/mol. The summed E-state index contributed by atoms with van der Waals surface area (Å²) in [4.78, 5) is 16.4. The molecule has 3 rings (SSSR count). The van der Waals surface area contributed by atoms with Gasteiger partial charge in [0, 0.05) is 34.5 Å². The predicted octanol–water partition coefficient (Wildman–Crippen LogP) is 4.51. The van der Waals surface area contributed by atoms with Gasteiger partial charge in [0.15, 0.2) is 5.78 Å². The van der Waals surface area contributed by atoms with Gasteiger partial charge in [-0.05, 0) is 54.6 Å². The van der Waals surface area contributed by atoms with Gasteiger partial charge in [-0.1, -0.05) is 22.0 Å². The van der Waals surface area contributed by atoms with Crippen molar-refractivity contribution in [3.05, 3.63) is 95.0 Å². The topological polar surface area (TPSA) is 44.1 Å². The number of imidazole rings is 1. The van der Waals surface area contributed by atoms with E-state index in [0.29, 0.717) is 17.7 Å². The highest BCUT2D eigenvalue weighted by atomic mass is 79.9. The van der Waals surface area contributed by atoms with Crippen LogP contribution >= 0.6 is 15.9 Å². The zero-order valence-corrected chi connectivity index (χ0v) is 15.1. The second-order valence-corrected chi connectivity index (χ2v) is 6.32. The molecule has 0 aliphatic heterocycles. The molecule has 0 aliphatic carbocycles. The molecule has 3 aromatic rings. The normalized spacial score (nSPS) is 10.9. The Morgan fingerprint density at radius 1 is 1.04 bits per heavy atom. The van der Waals surface area contributed by atoms with Gasteiger partial charge in [0.05, 0.1) is 6.33 Å². The van der Waals surface area contributed by atoms with Crippen LogP contribution in [0.15, 0.2) is 83.9 Å². The van der Waals surface area contributed by atoms with Gasteiger partial charge in [-0.15, -0.1) is 0 Å². The summed E-state index contributed by atoms with van der Waals surface area (Å²) in [5, 5.41) is 0. The third kappa shape index (κ3) is 4.90. The molecule has 0 amide bonds. The SMILES string of the molecule is O=C(c1ccc(Br)cc1)c1ccc(OC/C=C/Cn2ccnc2)cc1. The third-order valence-corrected chi connectivity index (χ3v) is 4.14. The molecule has 0 fully saturated rings. The molecule has 0 saturated carbocycles. The molecule has 25 heavy (non-hydrogen) atoms. The Hall–Kier alpha value is -2.66. The summed E-state index contributed by atoms with van der Waals surface area (Å²) in [6.45, 7) is 1.25. The number of carbonyl (C=O) groups excluding carboxylic acids is 1. The first-order valence-electron chi connectivity index (χ1n) is 7.86. The summed E-state index contributed by atoms with van der Waals surface area (Å²) in [6, 6.07) is 14.5. The van der Waals surface area contributed by atoms with Crippen molar-refractivity contribution in [1.82, 2.24) is 9.55 Å². The lowest BCUT2D eigenvalue weighted by Crippen LogP contribution is -2.01. The fraction of sp³-hybridized carbons (Fsp3) is 0.100. The molecule has 0 spiro atoms. The molecule has 4 nitrogen and oxygen atoms in total. The zero-order chi connectivity index (χ0) is 17.5. The Labute approximate surface area is 154 Å². The second kappa shape index (κ2) is 8.44. The van der Waals surface area contributed by atoms with E-state index in [4.69, 9.17) is 4.74 Å². The highest BCUT2D eigenvalue weighted by molar-refractivity contribution is 9.10. The number of carbonyl (C=O) groups is 1. The molecular weight excluding hydrogens is 380 g/mol. The van der Waals surface area contributed by atoms with Crippen LogP contribution in [0.3, 0.4) is 0 Å². The van der Waals surface area contributed by atoms with E-state index in [2.05, 4.69) is 20.9 Å². The molecule has 0 unspecified atom stereocenters. The molecule has 126 valence electrons. The number of aromatic nitrogens is 2. The number of hydrogen-bond donors (Lipinski definition) is 0. The van der Waals surface area contributed by atoms with Crippen LogP contribution in [0.25, 0.3) is 0 Å². The number of hydrogen-bond acceptors (Lipinski definition) is 3. The minimum absolute atomic E-state index is 0.000669. The molecule has 0 N–H and O–H groups in total. The summed E-state index contributed by atoms with van der Waals surface area (Å²) < 4.78 is 8.58. The molecule has 0 radical (unpaired) electrons. The van der Waals surface area contributed by atoms with Crippen molar-refractivity contribution >= 4 is 21.7 Å². The van der Waals surface area contributed by atoms with Gasteiger partial charge in [-0.25, -0.2) is 4.98 Å². The van der Waals surface area contributed by atoms with Crippen LogP contribution in [0.5, 0.6) is 5.75 Å². The van der Waals surface area contributed by atoms with Crippen LogP contribution in [-0.2, 0) is 6.54 Å². The van der Waals surface area contributed by atoms with E-state index in [-0.39, 0.29) is 5.78 Å². The van der Waals surface area contributed by atoms with Crippen LogP contribution in [-0.4, -0.2) is 21.9 Å². The van der Waals surface area contributed by atoms with Crippen molar-refractivity contribution in [3.8, 4) is 5.75 Å². The Balaban J connectivity index is 1.52. The lowest BCUT2D eigenvalue weighted by Gasteiger charge is -2.05. The van der Waals surface area contributed by atoms with E-state index in [1.807, 2.05) is 59.3 Å². The van der Waals surface area contributed by atoms with Gasteiger partial charge in [0.25, 0.3) is 0 Å². The van der Waals surface area contributed by atoms with E-state index in [9.17, 15) is 4.79 Å². The van der Waals surface area contributed by atoms with Crippen LogP contribution < -0.4 is 4.74 Å². The molecule has 0 atom stereocenters. The Morgan fingerprint density at radius 3 is 2.36 bits per heavy atom. The van der Waals surface area contributed by atoms with E-state index < -0.39 is 0 Å². The second-order valence-electron chi connectivity index (χ2n) is 5.40. The number of nitrogens with zero attached hydrogens (tertiary/aromatic N) is 2. The Morgan fingerprint density at radius 2 is 1.72 bits per heavy atom. The van der Waals surface area contributed by atoms with Crippen LogP contribution in [0.2, 0.25) is 0 Å². The molecule has 2 aromatic carbocycles. The van der Waals surface area contributed by atoms with Gasteiger partial charge in [0.1, 0.15) is 12.4 Å². The van der Waals surface area contributed by atoms with Crippen LogP contribution in [0, 0.1) is 0 Å². The van der Waals surface area contributed by atoms with Crippen LogP contribution in [0.1, 0.15) is 15.9 Å². The highest BCUT2D eigenvalue weighted by Gasteiger charge is 2.08. The first-order valence-corrected chi connectivity index (χ1v) is 8.65. The smallest absolute Gasteiger partial charge is 0.193 e. The fourth-order valence-electron chi connectivity index (χ4n) is 2.27. The first-order chi connectivity index (χ1) is 12.2. The van der Waals surface area contributed by atoms with Crippen LogP contribution in [0.4, 0.5) is 0 Å². The number of halogens is 1. The van der Waals surface area contributed by atoms with Crippen molar-refractivity contribution in [2.45, 2.75) is 6.54 Å². The highest BCUT2D eigenvalue weighted by Crippen LogP contribution is 2.17. The van der Waals surface area contributed by atoms with E-state index in [1.165, 1.54) is 0 Å². The Bertz CT molecular complexity index is 838. The first kappa shape index (κ1) is 17.2. The van der Waals surface area contributed by atoms with Gasteiger partial charge >= 0.3 is 0 Å². The number of ketones is 1. The minimum atomic E-state index is -0.000669. The molecule has 1 aromatic heterocycles. The Kier molecular flexibility index (Phi) is 5.80. The third-order valence-electron chi connectivity index (χ3n) is 3.61. The molecule has 0 bridgehead atoms. The zero-order valence-electron chi connectivity index (χ0n) is 13.5. The van der Waals surface area contributed by atoms with Gasteiger partial charge in [-0.2, -0.15) is 0 Å². The fourth-order valence-corrected chi connectivity index (χ4v) is 2.54. The number of ether oxygens (including phenoxy) is 1. The summed E-state index contributed by atoms with van der Waals surface area (Å²) in [5.74, 6) is 0.735. The quantitative estimate of drug-likeness (QED) is 0.435.